The van der Waals surface area contributed by atoms with E-state index in [1.54, 1.807) is 0 Å². The van der Waals surface area contributed by atoms with E-state index < -0.39 is 0 Å². The quantitative estimate of drug-likeness (QED) is 0.601. The van der Waals surface area contributed by atoms with E-state index in [2.05, 4.69) is 74.0 Å². The number of fused-ring (bicyclic) bond motifs is 4. The van der Waals surface area contributed by atoms with Gasteiger partial charge in [-0.3, -0.25) is 4.79 Å². The summed E-state index contributed by atoms with van der Waals surface area (Å²) in [6.45, 7) is 1.51. The number of hydrogen-bond acceptors (Lipinski definition) is 4. The molecule has 3 aliphatic rings. The van der Waals surface area contributed by atoms with E-state index >= 15 is 0 Å². The number of amides is 1. The van der Waals surface area contributed by atoms with E-state index in [-0.39, 0.29) is 23.5 Å². The number of hydrazine groups is 1. The largest absolute Gasteiger partial charge is 0.372 e. The number of piperidine rings is 1. The molecule has 2 unspecified atom stereocenters. The minimum Gasteiger partial charge on any atom is -0.372 e. The van der Waals surface area contributed by atoms with Gasteiger partial charge in [-0.1, -0.05) is 12.1 Å². The number of carbonyl (C=O) groups is 1. The molecule has 2 atom stereocenters. The molecule has 3 aromatic rings. The number of nitrogens with zero attached hydrogens (tertiary/aromatic N) is 3. The van der Waals surface area contributed by atoms with E-state index in [0.29, 0.717) is 0 Å². The number of para-hydroxylation sites is 2. The summed E-state index contributed by atoms with van der Waals surface area (Å²) in [4.78, 5) is 15.3. The van der Waals surface area contributed by atoms with Crippen LogP contribution in [0.25, 0.3) is 5.69 Å². The molecule has 0 radical (unpaired) electrons. The van der Waals surface area contributed by atoms with Crippen LogP contribution in [0, 0.1) is 0 Å². The fourth-order valence-electron chi connectivity index (χ4n) is 5.55. The van der Waals surface area contributed by atoms with Crippen LogP contribution in [0.3, 0.4) is 0 Å². The Hall–Kier alpha value is -3.03. The second-order valence-electron chi connectivity index (χ2n) is 8.99. The molecule has 2 aromatic heterocycles. The van der Waals surface area contributed by atoms with E-state index in [4.69, 9.17) is 0 Å². The van der Waals surface area contributed by atoms with Crippen molar-refractivity contribution < 1.29 is 4.79 Å². The van der Waals surface area contributed by atoms with Crippen LogP contribution >= 0.6 is 0 Å². The van der Waals surface area contributed by atoms with Crippen LogP contribution in [0.5, 0.6) is 0 Å². The smallest absolute Gasteiger partial charge is 0.241 e. The molecular weight excluding hydrogens is 388 g/mol. The molecule has 1 amide bonds. The number of hydrogen-bond donors (Lipinski definition) is 3. The molecule has 31 heavy (non-hydrogen) atoms. The topological polar surface area (TPSA) is 66.3 Å². The van der Waals surface area contributed by atoms with Gasteiger partial charge in [0.05, 0.1) is 23.0 Å². The monoisotopic (exact) mass is 416 g/mol. The van der Waals surface area contributed by atoms with Crippen LogP contribution in [0.4, 0.5) is 5.69 Å². The molecule has 3 aliphatic heterocycles. The Morgan fingerprint density at radius 1 is 1.00 bits per heavy atom. The van der Waals surface area contributed by atoms with Crippen LogP contribution in [0.2, 0.25) is 0 Å². The highest BCUT2D eigenvalue weighted by atomic mass is 16.2. The third-order valence-electron chi connectivity index (χ3n) is 7.25. The Morgan fingerprint density at radius 3 is 2.61 bits per heavy atom. The molecule has 7 heteroatoms. The molecule has 6 rings (SSSR count). The zero-order chi connectivity index (χ0) is 21.0. The lowest BCUT2D eigenvalue weighted by Crippen LogP contribution is -2.54. The molecule has 2 fully saturated rings. The molecule has 7 nitrogen and oxygen atoms in total. The molecule has 1 aromatic carbocycles. The van der Waals surface area contributed by atoms with E-state index in [0.717, 1.165) is 38.0 Å². The average Bonchev–Trinajstić information content (AvgIpc) is 3.55. The van der Waals surface area contributed by atoms with E-state index in [9.17, 15) is 4.79 Å². The number of aryl methyl sites for hydroxylation is 1. The SMILES string of the molecule is Cn1cccc1C1CC(C(=O)N2CCC3(CC2)Nc2ccccc2-n2cccc23)NN1. The van der Waals surface area contributed by atoms with Crippen LogP contribution in [0.1, 0.15) is 36.7 Å². The maximum atomic E-state index is 13.3. The van der Waals surface area contributed by atoms with Gasteiger partial charge in [-0.2, -0.15) is 0 Å². The molecule has 0 saturated carbocycles. The molecule has 160 valence electrons. The molecule has 3 N–H and O–H groups in total. The van der Waals surface area contributed by atoms with Crippen LogP contribution < -0.4 is 16.2 Å². The number of nitrogens with one attached hydrogen (secondary N) is 3. The maximum Gasteiger partial charge on any atom is 0.241 e. The Bertz CT molecular complexity index is 1120. The molecule has 5 heterocycles. The van der Waals surface area contributed by atoms with Gasteiger partial charge >= 0.3 is 0 Å². The van der Waals surface area contributed by atoms with Crippen molar-refractivity contribution in [2.75, 3.05) is 18.4 Å². The lowest BCUT2D eigenvalue weighted by molar-refractivity contribution is -0.134. The van der Waals surface area contributed by atoms with E-state index in [1.807, 2.05) is 24.2 Å². The zero-order valence-corrected chi connectivity index (χ0v) is 17.7. The van der Waals surface area contributed by atoms with Gasteiger partial charge in [-0.05, 0) is 55.7 Å². The van der Waals surface area contributed by atoms with Crippen LogP contribution in [-0.2, 0) is 17.4 Å². The van der Waals surface area contributed by atoms with Crippen LogP contribution in [-0.4, -0.2) is 39.1 Å². The maximum absolute atomic E-state index is 13.3. The first kappa shape index (κ1) is 18.7. The predicted molar refractivity (Wildman–Crippen MR) is 120 cm³/mol. The number of anilines is 1. The number of rotatable bonds is 2. The summed E-state index contributed by atoms with van der Waals surface area (Å²) in [7, 11) is 2.04. The zero-order valence-electron chi connectivity index (χ0n) is 17.7. The van der Waals surface area contributed by atoms with Crippen molar-refractivity contribution in [3.8, 4) is 5.69 Å². The third-order valence-corrected chi connectivity index (χ3v) is 7.25. The van der Waals surface area contributed by atoms with Gasteiger partial charge in [0.2, 0.25) is 5.91 Å². The lowest BCUT2D eigenvalue weighted by atomic mass is 9.82. The normalized spacial score (nSPS) is 24.0. The minimum atomic E-state index is -0.183. The third kappa shape index (κ3) is 2.91. The molecular formula is C24H28N6O. The molecule has 0 aliphatic carbocycles. The second-order valence-corrected chi connectivity index (χ2v) is 8.99. The first-order chi connectivity index (χ1) is 15.1. The Morgan fingerprint density at radius 2 is 1.81 bits per heavy atom. The number of benzene rings is 1. The van der Waals surface area contributed by atoms with Crippen molar-refractivity contribution in [3.63, 3.8) is 0 Å². The number of carbonyl (C=O) groups excluding carboxylic acids is 1. The molecule has 1 spiro atoms. The van der Waals surface area contributed by atoms with Gasteiger partial charge in [-0.15, -0.1) is 0 Å². The highest BCUT2D eigenvalue weighted by Gasteiger charge is 2.43. The van der Waals surface area contributed by atoms with Crippen molar-refractivity contribution in [3.05, 3.63) is 72.3 Å². The van der Waals surface area contributed by atoms with Gasteiger partial charge in [0.15, 0.2) is 0 Å². The number of aromatic nitrogens is 2. The van der Waals surface area contributed by atoms with Crippen molar-refractivity contribution in [1.82, 2.24) is 24.9 Å². The van der Waals surface area contributed by atoms with E-state index in [1.165, 1.54) is 17.1 Å². The molecule has 2 saturated heterocycles. The standard InChI is InChI=1S/C24H28N6O/c1-28-12-4-8-20(28)18-16-19(27-26-18)23(31)29-14-10-24(11-15-29)22-9-5-13-30(22)21-7-3-2-6-17(21)25-24/h2-9,12-13,18-19,25-27H,10-11,14-16H2,1H3. The summed E-state index contributed by atoms with van der Waals surface area (Å²) in [5, 5.41) is 3.83. The summed E-state index contributed by atoms with van der Waals surface area (Å²) in [5.74, 6) is 0.200. The first-order valence-electron chi connectivity index (χ1n) is 11.1. The van der Waals surface area contributed by atoms with Crippen molar-refractivity contribution in [2.24, 2.45) is 7.05 Å². The fraction of sp³-hybridized carbons (Fsp3) is 0.375. The fourth-order valence-corrected chi connectivity index (χ4v) is 5.55. The summed E-state index contributed by atoms with van der Waals surface area (Å²) >= 11 is 0. The van der Waals surface area contributed by atoms with Crippen molar-refractivity contribution >= 4 is 11.6 Å². The summed E-state index contributed by atoms with van der Waals surface area (Å²) < 4.78 is 4.41. The van der Waals surface area contributed by atoms with Crippen molar-refractivity contribution in [2.45, 2.75) is 36.9 Å². The first-order valence-corrected chi connectivity index (χ1v) is 11.1. The summed E-state index contributed by atoms with van der Waals surface area (Å²) in [6.07, 6.45) is 6.76. The summed E-state index contributed by atoms with van der Waals surface area (Å²) in [5.41, 5.74) is 11.3. The Labute approximate surface area is 182 Å². The highest BCUT2D eigenvalue weighted by Crippen LogP contribution is 2.43. The molecule has 0 bridgehead atoms. The second kappa shape index (κ2) is 7.00. The average molecular weight is 417 g/mol. The van der Waals surface area contributed by atoms with Gasteiger partial charge in [0, 0.05) is 43.9 Å². The number of likely N-dealkylation sites (tertiary alicyclic amines) is 1. The van der Waals surface area contributed by atoms with Gasteiger partial charge in [0.1, 0.15) is 6.04 Å². The lowest BCUT2D eigenvalue weighted by Gasteiger charge is -2.46. The predicted octanol–water partition coefficient (Wildman–Crippen LogP) is 2.67. The van der Waals surface area contributed by atoms with Gasteiger partial charge in [-0.25, -0.2) is 10.9 Å². The van der Waals surface area contributed by atoms with Crippen molar-refractivity contribution in [1.29, 1.82) is 0 Å². The highest BCUT2D eigenvalue weighted by molar-refractivity contribution is 5.82. The van der Waals surface area contributed by atoms with Crippen LogP contribution in [0.15, 0.2) is 60.9 Å². The Kier molecular flexibility index (Phi) is 4.23. The Balaban J connectivity index is 1.16. The minimum absolute atomic E-state index is 0.123. The van der Waals surface area contributed by atoms with Gasteiger partial charge < -0.3 is 19.4 Å². The summed E-state index contributed by atoms with van der Waals surface area (Å²) in [6, 6.07) is 16.9. The van der Waals surface area contributed by atoms with Gasteiger partial charge in [0.25, 0.3) is 0 Å².